The van der Waals surface area contributed by atoms with Crippen molar-refractivity contribution in [1.82, 2.24) is 15.1 Å². The van der Waals surface area contributed by atoms with E-state index in [1.165, 1.54) is 18.2 Å². The summed E-state index contributed by atoms with van der Waals surface area (Å²) in [6.07, 6.45) is 3.51. The molecule has 0 amide bonds. The second kappa shape index (κ2) is 8.42. The zero-order valence-corrected chi connectivity index (χ0v) is 16.5. The lowest BCUT2D eigenvalue weighted by atomic mass is 10.1. The summed E-state index contributed by atoms with van der Waals surface area (Å²) in [5.41, 5.74) is 2.20. The van der Waals surface area contributed by atoms with Crippen LogP contribution in [0.4, 0.5) is 10.1 Å². The Kier molecular flexibility index (Phi) is 5.53. The molecular weight excluding hydrogens is 407 g/mol. The fraction of sp³-hybridized carbons (Fsp3) is 0.0952. The highest BCUT2D eigenvalue weighted by molar-refractivity contribution is 7.91. The van der Waals surface area contributed by atoms with Crippen LogP contribution in [0, 0.1) is 5.82 Å². The normalized spacial score (nSPS) is 11.4. The number of halogens is 1. The Morgan fingerprint density at radius 1 is 1.00 bits per heavy atom. The maximum atomic E-state index is 13.4. The lowest BCUT2D eigenvalue weighted by Crippen LogP contribution is -2.16. The number of hydrogen-bond acceptors (Lipinski definition) is 6. The Morgan fingerprint density at radius 2 is 1.80 bits per heavy atom. The van der Waals surface area contributed by atoms with Crippen molar-refractivity contribution in [2.45, 2.75) is 12.2 Å². The SMILES string of the molecule is O=S(=O)(Cc1cccc(F)c1)Nc1ccccc1Cc1nc(-c2ccncc2)no1. The van der Waals surface area contributed by atoms with Crippen LogP contribution in [-0.2, 0) is 22.2 Å². The van der Waals surface area contributed by atoms with Gasteiger partial charge in [-0.2, -0.15) is 4.98 Å². The molecule has 0 aliphatic rings. The highest BCUT2D eigenvalue weighted by Gasteiger charge is 2.16. The first kappa shape index (κ1) is 19.7. The van der Waals surface area contributed by atoms with Gasteiger partial charge in [0.1, 0.15) is 5.82 Å². The van der Waals surface area contributed by atoms with E-state index < -0.39 is 15.8 Å². The smallest absolute Gasteiger partial charge is 0.236 e. The van der Waals surface area contributed by atoms with E-state index in [1.54, 1.807) is 54.9 Å². The zero-order valence-electron chi connectivity index (χ0n) is 15.7. The van der Waals surface area contributed by atoms with E-state index in [4.69, 9.17) is 4.52 Å². The second-order valence-electron chi connectivity index (χ2n) is 6.57. The van der Waals surface area contributed by atoms with E-state index in [1.807, 2.05) is 0 Å². The monoisotopic (exact) mass is 424 g/mol. The summed E-state index contributed by atoms with van der Waals surface area (Å²) < 4.78 is 46.4. The van der Waals surface area contributed by atoms with Gasteiger partial charge >= 0.3 is 0 Å². The molecule has 0 spiro atoms. The maximum absolute atomic E-state index is 13.4. The average Bonchev–Trinajstić information content (AvgIpc) is 3.18. The van der Waals surface area contributed by atoms with Gasteiger partial charge < -0.3 is 4.52 Å². The van der Waals surface area contributed by atoms with E-state index in [0.29, 0.717) is 28.5 Å². The Labute approximate surface area is 172 Å². The highest BCUT2D eigenvalue weighted by atomic mass is 32.2. The van der Waals surface area contributed by atoms with Crippen LogP contribution < -0.4 is 4.72 Å². The molecule has 4 aromatic rings. The lowest BCUT2D eigenvalue weighted by Gasteiger charge is -2.12. The maximum Gasteiger partial charge on any atom is 0.236 e. The van der Waals surface area contributed by atoms with Gasteiger partial charge in [0.05, 0.1) is 17.9 Å². The van der Waals surface area contributed by atoms with Gasteiger partial charge in [-0.1, -0.05) is 35.5 Å². The number of pyridine rings is 1. The molecule has 4 rings (SSSR count). The summed E-state index contributed by atoms with van der Waals surface area (Å²) >= 11 is 0. The molecule has 0 fully saturated rings. The minimum Gasteiger partial charge on any atom is -0.339 e. The molecule has 0 saturated carbocycles. The van der Waals surface area contributed by atoms with Crippen LogP contribution in [-0.4, -0.2) is 23.5 Å². The third kappa shape index (κ3) is 4.87. The molecule has 0 atom stereocenters. The summed E-state index contributed by atoms with van der Waals surface area (Å²) in [4.78, 5) is 8.32. The molecule has 2 heterocycles. The van der Waals surface area contributed by atoms with Crippen molar-refractivity contribution < 1.29 is 17.3 Å². The molecule has 0 saturated heterocycles. The van der Waals surface area contributed by atoms with E-state index in [9.17, 15) is 12.8 Å². The van der Waals surface area contributed by atoms with Crippen LogP contribution in [0.3, 0.4) is 0 Å². The van der Waals surface area contributed by atoms with E-state index >= 15 is 0 Å². The van der Waals surface area contributed by atoms with Crippen LogP contribution in [0.15, 0.2) is 77.6 Å². The predicted octanol–water partition coefficient (Wildman–Crippen LogP) is 3.80. The van der Waals surface area contributed by atoms with Crippen LogP contribution in [0.1, 0.15) is 17.0 Å². The number of benzene rings is 2. The van der Waals surface area contributed by atoms with E-state index in [0.717, 1.165) is 5.56 Å². The molecule has 0 radical (unpaired) electrons. The fourth-order valence-electron chi connectivity index (χ4n) is 2.93. The van der Waals surface area contributed by atoms with Crippen molar-refractivity contribution >= 4 is 15.7 Å². The molecule has 1 N–H and O–H groups in total. The number of hydrogen-bond donors (Lipinski definition) is 1. The van der Waals surface area contributed by atoms with Crippen molar-refractivity contribution in [3.05, 3.63) is 95.9 Å². The predicted molar refractivity (Wildman–Crippen MR) is 109 cm³/mol. The first-order valence-corrected chi connectivity index (χ1v) is 10.7. The number of rotatable bonds is 7. The quantitative estimate of drug-likeness (QED) is 0.485. The highest BCUT2D eigenvalue weighted by Crippen LogP contribution is 2.22. The van der Waals surface area contributed by atoms with Gasteiger partial charge in [0, 0.05) is 18.0 Å². The number of anilines is 1. The van der Waals surface area contributed by atoms with Gasteiger partial charge in [-0.3, -0.25) is 9.71 Å². The van der Waals surface area contributed by atoms with Gasteiger partial charge in [0.2, 0.25) is 21.7 Å². The van der Waals surface area contributed by atoms with E-state index in [2.05, 4.69) is 19.8 Å². The fourth-order valence-corrected chi connectivity index (χ4v) is 4.16. The molecule has 0 aliphatic carbocycles. The van der Waals surface area contributed by atoms with Crippen LogP contribution in [0.5, 0.6) is 0 Å². The molecule has 0 unspecified atom stereocenters. The first-order valence-electron chi connectivity index (χ1n) is 9.04. The van der Waals surface area contributed by atoms with Gasteiger partial charge in [-0.15, -0.1) is 0 Å². The molecule has 9 heteroatoms. The molecular formula is C21H17FN4O3S. The van der Waals surface area contributed by atoms with Crippen molar-refractivity contribution in [1.29, 1.82) is 0 Å². The first-order chi connectivity index (χ1) is 14.5. The Hall–Kier alpha value is -3.59. The van der Waals surface area contributed by atoms with Gasteiger partial charge in [0.25, 0.3) is 0 Å². The van der Waals surface area contributed by atoms with E-state index in [-0.39, 0.29) is 12.2 Å². The average molecular weight is 424 g/mol. The lowest BCUT2D eigenvalue weighted by molar-refractivity contribution is 0.386. The third-order valence-corrected chi connectivity index (χ3v) is 5.52. The Balaban J connectivity index is 1.52. The van der Waals surface area contributed by atoms with Crippen molar-refractivity contribution in [3.8, 4) is 11.4 Å². The second-order valence-corrected chi connectivity index (χ2v) is 8.29. The summed E-state index contributed by atoms with van der Waals surface area (Å²) in [6, 6.07) is 16.0. The van der Waals surface area contributed by atoms with Crippen LogP contribution >= 0.6 is 0 Å². The molecule has 152 valence electrons. The van der Waals surface area contributed by atoms with Gasteiger partial charge in [0.15, 0.2) is 0 Å². The topological polar surface area (TPSA) is 98.0 Å². The number of sulfonamides is 1. The van der Waals surface area contributed by atoms with Crippen molar-refractivity contribution in [3.63, 3.8) is 0 Å². The number of nitrogens with zero attached hydrogens (tertiary/aromatic N) is 3. The Morgan fingerprint density at radius 3 is 2.60 bits per heavy atom. The summed E-state index contributed by atoms with van der Waals surface area (Å²) in [6.45, 7) is 0. The largest absolute Gasteiger partial charge is 0.339 e. The van der Waals surface area contributed by atoms with Crippen LogP contribution in [0.25, 0.3) is 11.4 Å². The minimum atomic E-state index is -3.75. The van der Waals surface area contributed by atoms with Gasteiger partial charge in [-0.25, -0.2) is 12.8 Å². The molecule has 0 bridgehead atoms. The summed E-state index contributed by atoms with van der Waals surface area (Å²) in [5, 5.41) is 3.96. The standard InChI is InChI=1S/C21H17FN4O3S/c22-18-6-3-4-15(12-18)14-30(27,28)26-19-7-2-1-5-17(19)13-20-24-21(25-29-20)16-8-10-23-11-9-16/h1-12,26H,13-14H2. The summed E-state index contributed by atoms with van der Waals surface area (Å²) in [7, 11) is -3.75. The third-order valence-electron chi connectivity index (χ3n) is 4.28. The molecule has 7 nitrogen and oxygen atoms in total. The van der Waals surface area contributed by atoms with Gasteiger partial charge in [-0.05, 0) is 41.5 Å². The zero-order chi connectivity index (χ0) is 21.0. The molecule has 0 aliphatic heterocycles. The summed E-state index contributed by atoms with van der Waals surface area (Å²) in [5.74, 6) is -0.0501. The number of aromatic nitrogens is 3. The van der Waals surface area contributed by atoms with Crippen molar-refractivity contribution in [2.24, 2.45) is 0 Å². The number of nitrogens with one attached hydrogen (secondary N) is 1. The molecule has 2 aromatic carbocycles. The van der Waals surface area contributed by atoms with Crippen molar-refractivity contribution in [2.75, 3.05) is 4.72 Å². The molecule has 2 aromatic heterocycles. The molecule has 30 heavy (non-hydrogen) atoms. The Bertz CT molecular complexity index is 1260. The minimum absolute atomic E-state index is 0.247. The van der Waals surface area contributed by atoms with Crippen LogP contribution in [0.2, 0.25) is 0 Å². The number of para-hydroxylation sites is 1.